The Morgan fingerprint density at radius 1 is 1.36 bits per heavy atom. The van der Waals surface area contributed by atoms with Gasteiger partial charge in [0.1, 0.15) is 5.68 Å². The topological polar surface area (TPSA) is 20.3 Å². The largest absolute Gasteiger partial charge is 0.310 e. The van der Waals surface area contributed by atoms with Gasteiger partial charge < -0.3 is 4.79 Å². The van der Waals surface area contributed by atoms with E-state index in [1.54, 1.807) is 0 Å². The lowest BCUT2D eigenvalue weighted by atomic mass is 9.60. The average molecular weight is 194 g/mol. The van der Waals surface area contributed by atoms with Crippen molar-refractivity contribution in [3.63, 3.8) is 0 Å². The summed E-state index contributed by atoms with van der Waals surface area (Å²) in [6, 6.07) is 0.657. The van der Waals surface area contributed by atoms with Crippen LogP contribution in [-0.4, -0.2) is 36.5 Å². The molecule has 0 aromatic rings. The molecule has 1 unspecified atom stereocenters. The molecule has 0 amide bonds. The number of carbonyl (C=O) groups is 1. The highest BCUT2D eigenvalue weighted by molar-refractivity contribution is 6.75. The van der Waals surface area contributed by atoms with Gasteiger partial charge in [0, 0.05) is 6.04 Å². The number of rotatable bonds is 4. The maximum absolute atomic E-state index is 11.9. The zero-order valence-corrected chi connectivity index (χ0v) is 9.79. The molecule has 0 aromatic carbocycles. The first-order valence-corrected chi connectivity index (χ1v) is 5.67. The zero-order valence-electron chi connectivity index (χ0n) is 9.79. The van der Waals surface area contributed by atoms with Crippen molar-refractivity contribution in [3.8, 4) is 0 Å². The van der Waals surface area contributed by atoms with Gasteiger partial charge in [0.15, 0.2) is 0 Å². The maximum Gasteiger partial charge on any atom is 0.207 e. The van der Waals surface area contributed by atoms with Gasteiger partial charge in [0.2, 0.25) is 7.28 Å². The molecule has 1 aliphatic heterocycles. The van der Waals surface area contributed by atoms with Crippen molar-refractivity contribution in [3.05, 3.63) is 0 Å². The van der Waals surface area contributed by atoms with Crippen LogP contribution in [0.2, 0.25) is 5.82 Å². The van der Waals surface area contributed by atoms with Crippen molar-refractivity contribution in [2.24, 2.45) is 0 Å². The van der Waals surface area contributed by atoms with Crippen LogP contribution >= 0.6 is 0 Å². The van der Waals surface area contributed by atoms with E-state index >= 15 is 0 Å². The number of nitrogens with zero attached hydrogens (tertiary/aromatic N) is 1. The predicted octanol–water partition coefficient (Wildman–Crippen LogP) is 1.92. The van der Waals surface area contributed by atoms with E-state index in [-0.39, 0.29) is 6.04 Å². The fourth-order valence-electron chi connectivity index (χ4n) is 2.15. The second-order valence-electron chi connectivity index (χ2n) is 4.80. The van der Waals surface area contributed by atoms with Crippen molar-refractivity contribution >= 4 is 13.0 Å². The molecule has 2 nitrogen and oxygen atoms in total. The molecule has 79 valence electrons. The van der Waals surface area contributed by atoms with Crippen LogP contribution in [-0.2, 0) is 4.79 Å². The van der Waals surface area contributed by atoms with Gasteiger partial charge in [-0.1, -0.05) is 19.7 Å². The van der Waals surface area contributed by atoms with Crippen molar-refractivity contribution in [2.45, 2.75) is 58.4 Å². The molecule has 1 rings (SSSR count). The first kappa shape index (κ1) is 11.8. The summed E-state index contributed by atoms with van der Waals surface area (Å²) in [4.78, 5) is 14.2. The van der Waals surface area contributed by atoms with Gasteiger partial charge in [0.05, 0.1) is 6.04 Å². The zero-order chi connectivity index (χ0) is 10.7. The van der Waals surface area contributed by atoms with E-state index in [0.29, 0.717) is 17.5 Å². The molecule has 0 aromatic heterocycles. The van der Waals surface area contributed by atoms with Crippen LogP contribution in [0.15, 0.2) is 0 Å². The normalized spacial score (nSPS) is 23.4. The summed E-state index contributed by atoms with van der Waals surface area (Å²) in [5, 5.41) is 0. The molecule has 0 spiro atoms. The van der Waals surface area contributed by atoms with E-state index < -0.39 is 0 Å². The second-order valence-corrected chi connectivity index (χ2v) is 4.80. The fraction of sp³-hybridized carbons (Fsp3) is 0.909. The van der Waals surface area contributed by atoms with Crippen molar-refractivity contribution in [1.29, 1.82) is 0 Å². The maximum atomic E-state index is 11.9. The quantitative estimate of drug-likeness (QED) is 0.637. The molecule has 1 saturated heterocycles. The minimum Gasteiger partial charge on any atom is -0.310 e. The van der Waals surface area contributed by atoms with Crippen LogP contribution in [0.1, 0.15) is 40.5 Å². The van der Waals surface area contributed by atoms with E-state index in [9.17, 15) is 4.79 Å². The van der Waals surface area contributed by atoms with E-state index in [0.717, 1.165) is 13.0 Å². The average Bonchev–Trinajstić information content (AvgIpc) is 2.49. The fourth-order valence-corrected chi connectivity index (χ4v) is 2.15. The van der Waals surface area contributed by atoms with E-state index in [4.69, 9.17) is 0 Å². The summed E-state index contributed by atoms with van der Waals surface area (Å²) >= 11 is 0. The molecule has 0 saturated carbocycles. The number of carbonyl (C=O) groups excluding carboxylic acids is 1. The highest BCUT2D eigenvalue weighted by Gasteiger charge is 2.31. The van der Waals surface area contributed by atoms with Crippen molar-refractivity contribution in [2.75, 3.05) is 6.54 Å². The monoisotopic (exact) mass is 194 g/mol. The lowest BCUT2D eigenvalue weighted by Gasteiger charge is -2.27. The number of hydrogen-bond donors (Lipinski definition) is 0. The van der Waals surface area contributed by atoms with Gasteiger partial charge in [-0.05, 0) is 33.2 Å². The first-order chi connectivity index (χ1) is 6.52. The van der Waals surface area contributed by atoms with Crippen LogP contribution in [0.3, 0.4) is 0 Å². The Hall–Kier alpha value is -0.305. The molecule has 1 heterocycles. The molecular weight excluding hydrogens is 173 g/mol. The highest BCUT2D eigenvalue weighted by Crippen LogP contribution is 2.21. The van der Waals surface area contributed by atoms with E-state index in [1.165, 1.54) is 6.42 Å². The standard InChI is InChI=1S/C11H21BNO/c1-8(2)12-11(14)10-6-5-7-13(10)9(3)4/h8-10H,5-7H2,1-4H3. The Morgan fingerprint density at radius 2 is 2.00 bits per heavy atom. The summed E-state index contributed by atoms with van der Waals surface area (Å²) in [6.45, 7) is 9.54. The minimum absolute atomic E-state index is 0.164. The van der Waals surface area contributed by atoms with Crippen LogP contribution < -0.4 is 0 Å². The number of hydrogen-bond acceptors (Lipinski definition) is 2. The molecule has 1 aliphatic rings. The van der Waals surface area contributed by atoms with Gasteiger partial charge in [0.25, 0.3) is 0 Å². The summed E-state index contributed by atoms with van der Waals surface area (Å²) in [5.74, 6) is 0.372. The third-order valence-corrected chi connectivity index (χ3v) is 2.78. The smallest absolute Gasteiger partial charge is 0.207 e. The second kappa shape index (κ2) is 4.97. The number of likely N-dealkylation sites (tertiary alicyclic amines) is 1. The van der Waals surface area contributed by atoms with Gasteiger partial charge in [-0.25, -0.2) is 0 Å². The molecule has 1 atom stereocenters. The molecule has 1 fully saturated rings. The van der Waals surface area contributed by atoms with Crippen LogP contribution in [0.25, 0.3) is 0 Å². The minimum atomic E-state index is 0.164. The Labute approximate surface area is 88.3 Å². The molecular formula is C11H21BNO. The predicted molar refractivity (Wildman–Crippen MR) is 60.7 cm³/mol. The third kappa shape index (κ3) is 2.84. The van der Waals surface area contributed by atoms with Gasteiger partial charge in [-0.2, -0.15) is 0 Å². The molecule has 0 N–H and O–H groups in total. The SMILES string of the molecule is CC(C)[B]C(=O)C1CCCN1C(C)C. The summed E-state index contributed by atoms with van der Waals surface area (Å²) in [6.07, 6.45) is 2.21. The molecule has 14 heavy (non-hydrogen) atoms. The van der Waals surface area contributed by atoms with Crippen LogP contribution in [0.4, 0.5) is 0 Å². The van der Waals surface area contributed by atoms with E-state index in [2.05, 4.69) is 32.6 Å². The summed E-state index contributed by atoms with van der Waals surface area (Å²) < 4.78 is 0. The van der Waals surface area contributed by atoms with Crippen LogP contribution in [0.5, 0.6) is 0 Å². The van der Waals surface area contributed by atoms with Gasteiger partial charge in [-0.15, -0.1) is 0 Å². The lowest BCUT2D eigenvalue weighted by Crippen LogP contribution is -2.42. The Kier molecular flexibility index (Phi) is 4.18. The van der Waals surface area contributed by atoms with Crippen molar-refractivity contribution in [1.82, 2.24) is 4.90 Å². The van der Waals surface area contributed by atoms with Crippen LogP contribution in [0, 0.1) is 0 Å². The first-order valence-electron chi connectivity index (χ1n) is 5.67. The summed E-state index contributed by atoms with van der Waals surface area (Å²) in [5.41, 5.74) is 0.325. The molecule has 3 heteroatoms. The van der Waals surface area contributed by atoms with Gasteiger partial charge in [-0.3, -0.25) is 4.90 Å². The summed E-state index contributed by atoms with van der Waals surface area (Å²) in [7, 11) is 1.87. The Balaban J connectivity index is 2.53. The molecule has 1 radical (unpaired) electrons. The van der Waals surface area contributed by atoms with Crippen molar-refractivity contribution < 1.29 is 4.79 Å². The third-order valence-electron chi connectivity index (χ3n) is 2.78. The van der Waals surface area contributed by atoms with E-state index in [1.807, 2.05) is 7.28 Å². The lowest BCUT2D eigenvalue weighted by molar-refractivity contribution is -0.116. The van der Waals surface area contributed by atoms with Gasteiger partial charge >= 0.3 is 0 Å². The Bertz CT molecular complexity index is 203. The highest BCUT2D eigenvalue weighted by atomic mass is 16.1. The Morgan fingerprint density at radius 3 is 2.50 bits per heavy atom. The molecule has 0 aliphatic carbocycles. The molecule has 0 bridgehead atoms.